The summed E-state index contributed by atoms with van der Waals surface area (Å²) in [5.41, 5.74) is 3.33. The molecule has 0 aromatic carbocycles. The third-order valence-electron chi connectivity index (χ3n) is 1.06. The predicted molar refractivity (Wildman–Crippen MR) is 40.3 cm³/mol. The summed E-state index contributed by atoms with van der Waals surface area (Å²) in [6.07, 6.45) is 0. The van der Waals surface area contributed by atoms with Crippen LogP contribution < -0.4 is 11.3 Å². The van der Waals surface area contributed by atoms with E-state index >= 15 is 0 Å². The minimum Gasteiger partial charge on any atom is -0.271 e. The van der Waals surface area contributed by atoms with E-state index in [0.717, 1.165) is 5.69 Å². The molecule has 3 N–H and O–H groups in total. The molecule has 10 heavy (non-hydrogen) atoms. The Bertz CT molecular complexity index is 214. The molecule has 0 atom stereocenters. The van der Waals surface area contributed by atoms with Crippen LogP contribution in [0.3, 0.4) is 0 Å². The van der Waals surface area contributed by atoms with Gasteiger partial charge >= 0.3 is 0 Å². The van der Waals surface area contributed by atoms with Crippen LogP contribution >= 0.6 is 11.6 Å². The average molecular weight is 158 g/mol. The maximum atomic E-state index is 5.60. The molecule has 0 radical (unpaired) electrons. The molecule has 0 saturated heterocycles. The van der Waals surface area contributed by atoms with Crippen LogP contribution in [0.2, 0.25) is 5.15 Å². The average Bonchev–Trinajstić information content (AvgIpc) is 1.88. The van der Waals surface area contributed by atoms with Crippen molar-refractivity contribution >= 4 is 11.6 Å². The van der Waals surface area contributed by atoms with E-state index in [1.165, 1.54) is 0 Å². The van der Waals surface area contributed by atoms with Crippen LogP contribution in [-0.2, 0) is 6.54 Å². The van der Waals surface area contributed by atoms with Crippen LogP contribution in [0.1, 0.15) is 5.69 Å². The van der Waals surface area contributed by atoms with Gasteiger partial charge in [-0.1, -0.05) is 17.7 Å². The maximum absolute atomic E-state index is 5.60. The Morgan fingerprint density at radius 3 is 3.00 bits per heavy atom. The van der Waals surface area contributed by atoms with E-state index < -0.39 is 0 Å². The van der Waals surface area contributed by atoms with E-state index in [1.807, 2.05) is 12.1 Å². The molecule has 3 nitrogen and oxygen atoms in total. The highest BCUT2D eigenvalue weighted by Gasteiger charge is 1.91. The molecule has 0 bridgehead atoms. The van der Waals surface area contributed by atoms with Crippen molar-refractivity contribution in [3.63, 3.8) is 0 Å². The lowest BCUT2D eigenvalue weighted by Gasteiger charge is -1.97. The van der Waals surface area contributed by atoms with Crippen molar-refractivity contribution in [1.82, 2.24) is 10.4 Å². The molecule has 0 amide bonds. The molecular formula is C6H8ClN3. The third kappa shape index (κ3) is 1.95. The molecule has 0 spiro atoms. The summed E-state index contributed by atoms with van der Waals surface area (Å²) in [6, 6.07) is 5.41. The number of nitrogens with zero attached hydrogens (tertiary/aromatic N) is 1. The summed E-state index contributed by atoms with van der Waals surface area (Å²) in [7, 11) is 0. The molecule has 54 valence electrons. The summed E-state index contributed by atoms with van der Waals surface area (Å²) in [5, 5.41) is 0.493. The fourth-order valence-corrected chi connectivity index (χ4v) is 0.835. The summed E-state index contributed by atoms with van der Waals surface area (Å²) in [6.45, 7) is 0.542. The van der Waals surface area contributed by atoms with Crippen LogP contribution in [0.25, 0.3) is 0 Å². The molecule has 1 aromatic rings. The van der Waals surface area contributed by atoms with Gasteiger partial charge in [-0.15, -0.1) is 0 Å². The van der Waals surface area contributed by atoms with E-state index in [-0.39, 0.29) is 0 Å². The number of hydrogen-bond acceptors (Lipinski definition) is 3. The molecule has 0 saturated carbocycles. The molecule has 0 fully saturated rings. The van der Waals surface area contributed by atoms with Crippen molar-refractivity contribution in [2.24, 2.45) is 5.84 Å². The highest BCUT2D eigenvalue weighted by atomic mass is 35.5. The molecule has 1 rings (SSSR count). The molecule has 4 heteroatoms. The second kappa shape index (κ2) is 3.51. The zero-order chi connectivity index (χ0) is 7.40. The fraction of sp³-hybridized carbons (Fsp3) is 0.167. The number of pyridine rings is 1. The quantitative estimate of drug-likeness (QED) is 0.378. The van der Waals surface area contributed by atoms with Crippen molar-refractivity contribution in [3.8, 4) is 0 Å². The van der Waals surface area contributed by atoms with Crippen molar-refractivity contribution in [3.05, 3.63) is 29.0 Å². The second-order valence-corrected chi connectivity index (χ2v) is 2.22. The maximum Gasteiger partial charge on any atom is 0.129 e. The largest absolute Gasteiger partial charge is 0.271 e. The molecule has 0 aliphatic carbocycles. The Labute approximate surface area is 64.2 Å². The Balaban J connectivity index is 2.75. The van der Waals surface area contributed by atoms with Gasteiger partial charge in [0.05, 0.1) is 12.2 Å². The lowest BCUT2D eigenvalue weighted by atomic mass is 10.3. The fourth-order valence-electron chi connectivity index (χ4n) is 0.653. The van der Waals surface area contributed by atoms with Gasteiger partial charge in [0.1, 0.15) is 5.15 Å². The Morgan fingerprint density at radius 1 is 1.60 bits per heavy atom. The number of rotatable bonds is 2. The van der Waals surface area contributed by atoms with Crippen molar-refractivity contribution in [2.75, 3.05) is 0 Å². The van der Waals surface area contributed by atoms with Gasteiger partial charge in [0, 0.05) is 0 Å². The Hall–Kier alpha value is -0.640. The van der Waals surface area contributed by atoms with Crippen LogP contribution in [-0.4, -0.2) is 4.98 Å². The molecular weight excluding hydrogens is 150 g/mol. The van der Waals surface area contributed by atoms with Gasteiger partial charge in [-0.25, -0.2) is 4.98 Å². The summed E-state index contributed by atoms with van der Waals surface area (Å²) < 4.78 is 0. The number of aromatic nitrogens is 1. The monoisotopic (exact) mass is 157 g/mol. The topological polar surface area (TPSA) is 50.9 Å². The zero-order valence-electron chi connectivity index (χ0n) is 5.34. The highest BCUT2D eigenvalue weighted by molar-refractivity contribution is 6.29. The van der Waals surface area contributed by atoms with Crippen LogP contribution in [0, 0.1) is 0 Å². The van der Waals surface area contributed by atoms with Gasteiger partial charge in [0.15, 0.2) is 0 Å². The van der Waals surface area contributed by atoms with E-state index in [0.29, 0.717) is 11.7 Å². The minimum absolute atomic E-state index is 0.493. The number of halogens is 1. The lowest BCUT2D eigenvalue weighted by molar-refractivity contribution is 0.723. The zero-order valence-corrected chi connectivity index (χ0v) is 6.10. The number of nitrogens with two attached hydrogens (primary N) is 1. The van der Waals surface area contributed by atoms with Crippen LogP contribution in [0.15, 0.2) is 18.2 Å². The third-order valence-corrected chi connectivity index (χ3v) is 1.27. The first-order valence-corrected chi connectivity index (χ1v) is 3.25. The van der Waals surface area contributed by atoms with Gasteiger partial charge in [-0.2, -0.15) is 0 Å². The number of nitrogens with one attached hydrogen (secondary N) is 1. The van der Waals surface area contributed by atoms with Gasteiger partial charge in [0.2, 0.25) is 0 Å². The SMILES string of the molecule is NNCc1cccc(Cl)n1. The molecule has 0 aliphatic heterocycles. The van der Waals surface area contributed by atoms with Crippen LogP contribution in [0.4, 0.5) is 0 Å². The van der Waals surface area contributed by atoms with Crippen LogP contribution in [0.5, 0.6) is 0 Å². The number of hydrazine groups is 1. The summed E-state index contributed by atoms with van der Waals surface area (Å²) >= 11 is 5.60. The second-order valence-electron chi connectivity index (χ2n) is 1.83. The van der Waals surface area contributed by atoms with Crippen molar-refractivity contribution in [2.45, 2.75) is 6.54 Å². The van der Waals surface area contributed by atoms with Crippen molar-refractivity contribution in [1.29, 1.82) is 0 Å². The summed E-state index contributed by atoms with van der Waals surface area (Å²) in [5.74, 6) is 5.08. The van der Waals surface area contributed by atoms with E-state index in [1.54, 1.807) is 6.07 Å². The first kappa shape index (κ1) is 7.47. The molecule has 1 aromatic heterocycles. The van der Waals surface area contributed by atoms with Gasteiger partial charge < -0.3 is 0 Å². The van der Waals surface area contributed by atoms with Gasteiger partial charge in [-0.05, 0) is 12.1 Å². The first-order chi connectivity index (χ1) is 4.83. The van der Waals surface area contributed by atoms with Gasteiger partial charge in [-0.3, -0.25) is 11.3 Å². The molecule has 0 aliphatic rings. The van der Waals surface area contributed by atoms with E-state index in [9.17, 15) is 0 Å². The molecule has 1 heterocycles. The van der Waals surface area contributed by atoms with Crippen molar-refractivity contribution < 1.29 is 0 Å². The summed E-state index contributed by atoms with van der Waals surface area (Å²) in [4.78, 5) is 3.99. The predicted octanol–water partition coefficient (Wildman–Crippen LogP) is 0.698. The Morgan fingerprint density at radius 2 is 2.40 bits per heavy atom. The van der Waals surface area contributed by atoms with Gasteiger partial charge in [0.25, 0.3) is 0 Å². The highest BCUT2D eigenvalue weighted by Crippen LogP contribution is 2.03. The number of hydrogen-bond donors (Lipinski definition) is 2. The lowest BCUT2D eigenvalue weighted by Crippen LogP contribution is -2.21. The minimum atomic E-state index is 0.493. The Kier molecular flexibility index (Phi) is 2.62. The van der Waals surface area contributed by atoms with E-state index in [4.69, 9.17) is 17.4 Å². The van der Waals surface area contributed by atoms with E-state index in [2.05, 4.69) is 10.4 Å². The smallest absolute Gasteiger partial charge is 0.129 e. The first-order valence-electron chi connectivity index (χ1n) is 2.88. The molecule has 0 unspecified atom stereocenters. The standard InChI is InChI=1S/C6H8ClN3/c7-6-3-1-2-5(10-6)4-9-8/h1-3,9H,4,8H2. The normalized spacial score (nSPS) is 9.80.